The summed E-state index contributed by atoms with van der Waals surface area (Å²) >= 11 is 0. The van der Waals surface area contributed by atoms with Crippen LogP contribution in [0.5, 0.6) is 11.5 Å². The molecule has 15 aromatic rings. The van der Waals surface area contributed by atoms with Crippen molar-refractivity contribution in [2.45, 2.75) is 0 Å². The lowest BCUT2D eigenvalue weighted by molar-refractivity contribution is 0.487. The fourth-order valence-corrected chi connectivity index (χ4v) is 12.7. The number of rotatable bonds is 8. The van der Waals surface area contributed by atoms with E-state index >= 15 is 0 Å². The number of anilines is 6. The Kier molecular flexibility index (Phi) is 9.91. The van der Waals surface area contributed by atoms with Crippen LogP contribution in [0.15, 0.2) is 283 Å². The first kappa shape index (κ1) is 43.9. The van der Waals surface area contributed by atoms with Gasteiger partial charge in [-0.1, -0.05) is 194 Å². The predicted octanol–water partition coefficient (Wildman–Crippen LogP) is 21.4. The maximum atomic E-state index is 7.08. The molecular weight excluding hydrogens is 949 g/mol. The van der Waals surface area contributed by atoms with Gasteiger partial charge in [-0.2, -0.15) is 0 Å². The van der Waals surface area contributed by atoms with E-state index in [9.17, 15) is 0 Å². The van der Waals surface area contributed by atoms with Crippen molar-refractivity contribution in [3.63, 3.8) is 0 Å². The Morgan fingerprint density at radius 3 is 1.10 bits per heavy atom. The first-order chi connectivity index (χ1) is 38.7. The minimum atomic E-state index is 0.818. The zero-order chi connectivity index (χ0) is 51.3. The smallest absolute Gasteiger partial charge is 0.136 e. The van der Waals surface area contributed by atoms with Crippen LogP contribution in [0.1, 0.15) is 0 Å². The first-order valence-corrected chi connectivity index (χ1v) is 26.7. The molecule has 0 amide bonds. The highest BCUT2D eigenvalue weighted by Gasteiger charge is 2.28. The fourth-order valence-electron chi connectivity index (χ4n) is 12.7. The molecule has 0 saturated carbocycles. The average Bonchev–Trinajstić information content (AvgIpc) is 4.07. The molecule has 16 rings (SSSR count). The molecule has 364 valence electrons. The SMILES string of the molecule is c1ccc(N(c2ccccc2)c2c3ccccc3c(-c3ccc4c(c3)Oc3cccc5c3c-4cc3oc4cc(-c6c7ccccc7c(N(c7ccccc7)c7ccccc7)c7ccccc67)ccc4c35)c3ccccc23)cc1. The third-order valence-corrected chi connectivity index (χ3v) is 15.9. The minimum Gasteiger partial charge on any atom is -0.456 e. The highest BCUT2D eigenvalue weighted by Crippen LogP contribution is 2.54. The molecular formula is C74H46N2O2. The summed E-state index contributed by atoms with van der Waals surface area (Å²) in [4.78, 5) is 4.80. The molecule has 4 nitrogen and oxygen atoms in total. The summed E-state index contributed by atoms with van der Waals surface area (Å²) in [6, 6.07) is 100. The van der Waals surface area contributed by atoms with Gasteiger partial charge < -0.3 is 19.0 Å². The molecule has 0 saturated heterocycles. The van der Waals surface area contributed by atoms with Gasteiger partial charge in [0.1, 0.15) is 22.7 Å². The Labute approximate surface area is 450 Å². The number of benzene rings is 14. The second-order valence-corrected chi connectivity index (χ2v) is 20.2. The summed E-state index contributed by atoms with van der Waals surface area (Å²) in [5, 5.41) is 13.7. The number of hydrogen-bond acceptors (Lipinski definition) is 4. The van der Waals surface area contributed by atoms with Crippen LogP contribution >= 0.6 is 0 Å². The van der Waals surface area contributed by atoms with E-state index in [-0.39, 0.29) is 0 Å². The van der Waals surface area contributed by atoms with Gasteiger partial charge in [-0.05, 0) is 134 Å². The molecule has 14 aromatic carbocycles. The Morgan fingerprint density at radius 1 is 0.244 bits per heavy atom. The molecule has 0 radical (unpaired) electrons. The third-order valence-electron chi connectivity index (χ3n) is 15.9. The number of ether oxygens (including phenoxy) is 1. The third kappa shape index (κ3) is 6.73. The monoisotopic (exact) mass is 994 g/mol. The van der Waals surface area contributed by atoms with Crippen LogP contribution in [0.25, 0.3) is 109 Å². The summed E-state index contributed by atoms with van der Waals surface area (Å²) in [7, 11) is 0. The standard InChI is InChI=1S/C74H46N2O2/c1-5-22-49(23-6-1)75(50-24-7-2-8-25-50)73-58-34-17-13-30-54(58)69(55-31-14-18-35-59(55)73)47-40-42-53-64-46-68-71(63-38-21-39-65(72(63)64)77-66(53)44-47)62-43-41-48(45-67(62)78-68)70-56-32-15-19-36-60(56)74(61-37-20-16-33-57(61)70)76(51-26-9-3-10-27-51)52-28-11-4-12-29-52/h1-46H. The van der Waals surface area contributed by atoms with Crippen LogP contribution in [0.4, 0.5) is 34.1 Å². The number of fused-ring (bicyclic) bond motifs is 10. The van der Waals surface area contributed by atoms with E-state index in [1.165, 1.54) is 54.2 Å². The molecule has 0 fully saturated rings. The quantitative estimate of drug-likeness (QED) is 0.142. The zero-order valence-electron chi connectivity index (χ0n) is 42.3. The molecule has 0 unspecified atom stereocenters. The maximum Gasteiger partial charge on any atom is 0.136 e. The lowest BCUT2D eigenvalue weighted by Crippen LogP contribution is -2.11. The van der Waals surface area contributed by atoms with E-state index in [4.69, 9.17) is 9.15 Å². The van der Waals surface area contributed by atoms with Crippen molar-refractivity contribution in [3.05, 3.63) is 279 Å². The van der Waals surface area contributed by atoms with E-state index in [0.717, 1.165) is 101 Å². The van der Waals surface area contributed by atoms with Crippen LogP contribution < -0.4 is 14.5 Å². The highest BCUT2D eigenvalue weighted by molar-refractivity contribution is 6.27. The van der Waals surface area contributed by atoms with Crippen molar-refractivity contribution in [2.24, 2.45) is 0 Å². The molecule has 0 aliphatic carbocycles. The van der Waals surface area contributed by atoms with Gasteiger partial charge in [0.2, 0.25) is 0 Å². The minimum absolute atomic E-state index is 0.818. The number of para-hydroxylation sites is 4. The van der Waals surface area contributed by atoms with Gasteiger partial charge >= 0.3 is 0 Å². The molecule has 1 aliphatic rings. The largest absolute Gasteiger partial charge is 0.456 e. The van der Waals surface area contributed by atoms with Crippen molar-refractivity contribution in [1.29, 1.82) is 0 Å². The van der Waals surface area contributed by atoms with E-state index in [2.05, 4.69) is 289 Å². The van der Waals surface area contributed by atoms with Crippen molar-refractivity contribution >= 4 is 110 Å². The Balaban J connectivity index is 0.852. The zero-order valence-corrected chi connectivity index (χ0v) is 42.3. The average molecular weight is 995 g/mol. The molecule has 4 heteroatoms. The van der Waals surface area contributed by atoms with Crippen LogP contribution in [0, 0.1) is 0 Å². The van der Waals surface area contributed by atoms with Gasteiger partial charge in [-0.15, -0.1) is 0 Å². The molecule has 0 bridgehead atoms. The number of hydrogen-bond donors (Lipinski definition) is 0. The molecule has 1 aliphatic heterocycles. The van der Waals surface area contributed by atoms with Gasteiger partial charge in [0.05, 0.1) is 11.4 Å². The van der Waals surface area contributed by atoms with Gasteiger partial charge in [0.15, 0.2) is 0 Å². The second-order valence-electron chi connectivity index (χ2n) is 20.2. The molecule has 78 heavy (non-hydrogen) atoms. The normalized spacial score (nSPS) is 11.9. The van der Waals surface area contributed by atoms with Gasteiger partial charge in [0, 0.05) is 71.6 Å². The van der Waals surface area contributed by atoms with E-state index in [1.807, 2.05) is 0 Å². The van der Waals surface area contributed by atoms with Crippen molar-refractivity contribution in [2.75, 3.05) is 9.80 Å². The molecule has 0 N–H and O–H groups in total. The van der Waals surface area contributed by atoms with Crippen LogP contribution in [0.2, 0.25) is 0 Å². The summed E-state index contributed by atoms with van der Waals surface area (Å²) in [6.07, 6.45) is 0. The highest BCUT2D eigenvalue weighted by atomic mass is 16.5. The predicted molar refractivity (Wildman–Crippen MR) is 327 cm³/mol. The fraction of sp³-hybridized carbons (Fsp3) is 0. The molecule has 0 spiro atoms. The van der Waals surface area contributed by atoms with E-state index in [1.54, 1.807) is 0 Å². The van der Waals surface area contributed by atoms with Gasteiger partial charge in [0.25, 0.3) is 0 Å². The number of furan rings is 1. The Morgan fingerprint density at radius 2 is 0.641 bits per heavy atom. The second kappa shape index (κ2) is 17.6. The molecule has 1 aromatic heterocycles. The van der Waals surface area contributed by atoms with Crippen LogP contribution in [0.3, 0.4) is 0 Å². The Bertz CT molecular complexity index is 4680. The number of nitrogens with zero attached hydrogens (tertiary/aromatic N) is 2. The van der Waals surface area contributed by atoms with Crippen molar-refractivity contribution in [3.8, 4) is 44.9 Å². The molecule has 0 atom stereocenters. The van der Waals surface area contributed by atoms with Gasteiger partial charge in [-0.3, -0.25) is 0 Å². The first-order valence-electron chi connectivity index (χ1n) is 26.7. The molecule has 2 heterocycles. The topological polar surface area (TPSA) is 28.9 Å². The summed E-state index contributed by atoms with van der Waals surface area (Å²) < 4.78 is 14.1. The maximum absolute atomic E-state index is 7.08. The summed E-state index contributed by atoms with van der Waals surface area (Å²) in [5.41, 5.74) is 15.1. The summed E-state index contributed by atoms with van der Waals surface area (Å²) in [6.45, 7) is 0. The van der Waals surface area contributed by atoms with E-state index < -0.39 is 0 Å². The lowest BCUT2D eigenvalue weighted by Gasteiger charge is -2.29. The van der Waals surface area contributed by atoms with Crippen LogP contribution in [-0.2, 0) is 0 Å². The van der Waals surface area contributed by atoms with Crippen LogP contribution in [-0.4, -0.2) is 0 Å². The van der Waals surface area contributed by atoms with E-state index in [0.29, 0.717) is 0 Å². The summed E-state index contributed by atoms with van der Waals surface area (Å²) in [5.74, 6) is 1.66. The van der Waals surface area contributed by atoms with Gasteiger partial charge in [-0.25, -0.2) is 0 Å². The van der Waals surface area contributed by atoms with Crippen molar-refractivity contribution in [1.82, 2.24) is 0 Å². The lowest BCUT2D eigenvalue weighted by atomic mass is 9.87. The van der Waals surface area contributed by atoms with Crippen molar-refractivity contribution < 1.29 is 9.15 Å². The Hall–Kier alpha value is -10.4.